The van der Waals surface area contributed by atoms with Crippen molar-refractivity contribution < 1.29 is 4.79 Å². The molecule has 0 aliphatic carbocycles. The van der Waals surface area contributed by atoms with Crippen LogP contribution in [0, 0.1) is 0 Å². The van der Waals surface area contributed by atoms with Gasteiger partial charge in [-0.2, -0.15) is 0 Å². The third-order valence-corrected chi connectivity index (χ3v) is 4.78. The maximum absolute atomic E-state index is 11.8. The van der Waals surface area contributed by atoms with E-state index >= 15 is 0 Å². The minimum atomic E-state index is 0.179. The smallest absolute Gasteiger partial charge is 0.220 e. The Morgan fingerprint density at radius 2 is 1.31 bits per heavy atom. The highest BCUT2D eigenvalue weighted by Crippen LogP contribution is 2.08. The fourth-order valence-corrected chi connectivity index (χ4v) is 3.00. The average molecular weight is 409 g/mol. The number of nitrogens with two attached hydrogens (primary N) is 1. The van der Waals surface area contributed by atoms with Crippen molar-refractivity contribution in [1.82, 2.24) is 16.0 Å². The molecule has 5 N–H and O–H groups in total. The first-order chi connectivity index (χ1) is 14.3. The minimum Gasteiger partial charge on any atom is -0.355 e. The third kappa shape index (κ3) is 24.8. The van der Waals surface area contributed by atoms with Gasteiger partial charge in [0.1, 0.15) is 0 Å². The van der Waals surface area contributed by atoms with E-state index < -0.39 is 0 Å². The van der Waals surface area contributed by atoms with E-state index in [-0.39, 0.29) is 5.91 Å². The molecule has 0 unspecified atom stereocenters. The summed E-state index contributed by atoms with van der Waals surface area (Å²) < 4.78 is 0. The predicted molar refractivity (Wildman–Crippen MR) is 127 cm³/mol. The number of hydrogen-bond donors (Lipinski definition) is 4. The third-order valence-electron chi connectivity index (χ3n) is 4.78. The van der Waals surface area contributed by atoms with Crippen LogP contribution in [-0.2, 0) is 4.79 Å². The highest BCUT2D eigenvalue weighted by Gasteiger charge is 2.00. The molecule has 0 saturated heterocycles. The SMILES string of the molecule is CCCCCC=CCC=CCCCCCCCC(=O)NCCNCCNCCN. The fourth-order valence-electron chi connectivity index (χ4n) is 3.00. The lowest BCUT2D eigenvalue weighted by atomic mass is 10.1. The van der Waals surface area contributed by atoms with Crippen LogP contribution >= 0.6 is 0 Å². The molecule has 0 aliphatic heterocycles. The molecule has 170 valence electrons. The Labute approximate surface area is 180 Å². The molecule has 5 nitrogen and oxygen atoms in total. The van der Waals surface area contributed by atoms with Crippen LogP contribution in [0.1, 0.15) is 84.0 Å². The molecule has 0 fully saturated rings. The Morgan fingerprint density at radius 1 is 0.724 bits per heavy atom. The number of carbonyl (C=O) groups excluding carboxylic acids is 1. The zero-order valence-electron chi connectivity index (χ0n) is 19.0. The Hall–Kier alpha value is -1.17. The number of carbonyl (C=O) groups is 1. The summed E-state index contributed by atoms with van der Waals surface area (Å²) in [6, 6.07) is 0. The second kappa shape index (κ2) is 24.9. The van der Waals surface area contributed by atoms with Crippen LogP contribution in [0.15, 0.2) is 24.3 Å². The molecule has 0 rings (SSSR count). The number of amides is 1. The molecule has 0 aromatic carbocycles. The summed E-state index contributed by atoms with van der Waals surface area (Å²) in [7, 11) is 0. The molecule has 0 bridgehead atoms. The molecule has 0 saturated carbocycles. The van der Waals surface area contributed by atoms with E-state index in [1.807, 2.05) is 0 Å². The Balaban J connectivity index is 3.25. The monoisotopic (exact) mass is 408 g/mol. The van der Waals surface area contributed by atoms with Gasteiger partial charge >= 0.3 is 0 Å². The van der Waals surface area contributed by atoms with Crippen LogP contribution in [0.3, 0.4) is 0 Å². The Kier molecular flexibility index (Phi) is 23.9. The molecule has 29 heavy (non-hydrogen) atoms. The van der Waals surface area contributed by atoms with E-state index in [0.29, 0.717) is 19.5 Å². The largest absolute Gasteiger partial charge is 0.355 e. The van der Waals surface area contributed by atoms with Gasteiger partial charge in [-0.3, -0.25) is 4.79 Å². The molecule has 5 heteroatoms. The van der Waals surface area contributed by atoms with Gasteiger partial charge in [0, 0.05) is 45.7 Å². The van der Waals surface area contributed by atoms with Gasteiger partial charge in [-0.25, -0.2) is 0 Å². The quantitative estimate of drug-likeness (QED) is 0.161. The van der Waals surface area contributed by atoms with E-state index in [4.69, 9.17) is 5.73 Å². The lowest BCUT2D eigenvalue weighted by Gasteiger charge is -2.07. The lowest BCUT2D eigenvalue weighted by Crippen LogP contribution is -2.35. The maximum Gasteiger partial charge on any atom is 0.220 e. The predicted octanol–water partition coefficient (Wildman–Crippen LogP) is 4.05. The molecule has 0 heterocycles. The Morgan fingerprint density at radius 3 is 2.00 bits per heavy atom. The summed E-state index contributed by atoms with van der Waals surface area (Å²) in [5, 5.41) is 9.50. The van der Waals surface area contributed by atoms with Crippen molar-refractivity contribution in [2.45, 2.75) is 84.0 Å². The molecule has 1 amide bonds. The van der Waals surface area contributed by atoms with Crippen molar-refractivity contribution in [2.75, 3.05) is 39.3 Å². The van der Waals surface area contributed by atoms with Gasteiger partial charge in [0.25, 0.3) is 0 Å². The number of nitrogens with one attached hydrogen (secondary N) is 3. The van der Waals surface area contributed by atoms with Crippen molar-refractivity contribution in [3.8, 4) is 0 Å². The van der Waals surface area contributed by atoms with E-state index in [2.05, 4.69) is 47.2 Å². The standard InChI is InChI=1S/C24H48N4O/c1-2-3-4-5-6-7-8-9-10-11-12-13-14-15-16-17-24(29)28-23-22-27-21-20-26-19-18-25/h6-7,9-10,26-27H,2-5,8,11-23,25H2,1H3,(H,28,29). The van der Waals surface area contributed by atoms with Crippen molar-refractivity contribution in [3.05, 3.63) is 24.3 Å². The molecule has 0 spiro atoms. The van der Waals surface area contributed by atoms with Crippen LogP contribution in [0.4, 0.5) is 0 Å². The van der Waals surface area contributed by atoms with Crippen molar-refractivity contribution >= 4 is 5.91 Å². The van der Waals surface area contributed by atoms with Crippen LogP contribution in [0.5, 0.6) is 0 Å². The molecule has 0 aromatic heterocycles. The second-order valence-electron chi connectivity index (χ2n) is 7.62. The zero-order valence-corrected chi connectivity index (χ0v) is 19.0. The fraction of sp³-hybridized carbons (Fsp3) is 0.792. The first-order valence-corrected chi connectivity index (χ1v) is 12.0. The van der Waals surface area contributed by atoms with Gasteiger partial charge in [-0.05, 0) is 38.5 Å². The number of unbranched alkanes of at least 4 members (excludes halogenated alkanes) is 8. The molecule has 0 radical (unpaired) electrons. The highest BCUT2D eigenvalue weighted by molar-refractivity contribution is 5.75. The highest BCUT2D eigenvalue weighted by atomic mass is 16.1. The maximum atomic E-state index is 11.8. The summed E-state index contributed by atoms with van der Waals surface area (Å²) in [5.41, 5.74) is 5.40. The van der Waals surface area contributed by atoms with Crippen LogP contribution in [0.2, 0.25) is 0 Å². The number of rotatable bonds is 22. The zero-order chi connectivity index (χ0) is 21.3. The molecular formula is C24H48N4O. The van der Waals surface area contributed by atoms with Crippen LogP contribution in [-0.4, -0.2) is 45.2 Å². The summed E-state index contributed by atoms with van der Waals surface area (Å²) in [5.74, 6) is 0.179. The van der Waals surface area contributed by atoms with E-state index in [1.165, 1.54) is 51.4 Å². The van der Waals surface area contributed by atoms with Crippen molar-refractivity contribution in [1.29, 1.82) is 0 Å². The number of hydrogen-bond acceptors (Lipinski definition) is 4. The summed E-state index contributed by atoms with van der Waals surface area (Å²) in [4.78, 5) is 11.8. The molecule has 0 atom stereocenters. The Bertz CT molecular complexity index is 396. The molecular weight excluding hydrogens is 360 g/mol. The van der Waals surface area contributed by atoms with Crippen molar-refractivity contribution in [2.24, 2.45) is 5.73 Å². The molecule has 0 aliphatic rings. The topological polar surface area (TPSA) is 79.2 Å². The first-order valence-electron chi connectivity index (χ1n) is 12.0. The van der Waals surface area contributed by atoms with Crippen LogP contribution in [0.25, 0.3) is 0 Å². The molecule has 0 aromatic rings. The van der Waals surface area contributed by atoms with Crippen molar-refractivity contribution in [3.63, 3.8) is 0 Å². The summed E-state index contributed by atoms with van der Waals surface area (Å²) >= 11 is 0. The van der Waals surface area contributed by atoms with Crippen LogP contribution < -0.4 is 21.7 Å². The first kappa shape index (κ1) is 27.8. The van der Waals surface area contributed by atoms with Gasteiger partial charge in [0.15, 0.2) is 0 Å². The summed E-state index contributed by atoms with van der Waals surface area (Å²) in [6.45, 7) is 7.11. The van der Waals surface area contributed by atoms with Gasteiger partial charge < -0.3 is 21.7 Å². The van der Waals surface area contributed by atoms with Gasteiger partial charge in [0.2, 0.25) is 5.91 Å². The normalized spacial score (nSPS) is 11.7. The van der Waals surface area contributed by atoms with E-state index in [9.17, 15) is 4.79 Å². The van der Waals surface area contributed by atoms with E-state index in [1.54, 1.807) is 0 Å². The van der Waals surface area contributed by atoms with Gasteiger partial charge in [-0.1, -0.05) is 63.3 Å². The van der Waals surface area contributed by atoms with E-state index in [0.717, 1.165) is 45.4 Å². The second-order valence-corrected chi connectivity index (χ2v) is 7.62. The summed E-state index contributed by atoms with van der Waals surface area (Å²) in [6.07, 6.45) is 23.2. The van der Waals surface area contributed by atoms with Gasteiger partial charge in [-0.15, -0.1) is 0 Å². The lowest BCUT2D eigenvalue weighted by molar-refractivity contribution is -0.121. The minimum absolute atomic E-state index is 0.179. The number of allylic oxidation sites excluding steroid dienone is 4. The average Bonchev–Trinajstić information content (AvgIpc) is 2.72. The van der Waals surface area contributed by atoms with Gasteiger partial charge in [0.05, 0.1) is 0 Å².